The van der Waals surface area contributed by atoms with Crippen molar-refractivity contribution in [2.24, 2.45) is 0 Å². The van der Waals surface area contributed by atoms with Crippen molar-refractivity contribution in [3.8, 4) is 5.75 Å². The molecule has 0 radical (unpaired) electrons. The molecule has 1 spiro atoms. The molecule has 1 atom stereocenters. The predicted molar refractivity (Wildman–Crippen MR) is 96.3 cm³/mol. The van der Waals surface area contributed by atoms with Gasteiger partial charge in [-0.1, -0.05) is 46.3 Å². The van der Waals surface area contributed by atoms with Gasteiger partial charge in [-0.3, -0.25) is 9.69 Å². The normalized spacial score (nSPS) is 21.6. The van der Waals surface area contributed by atoms with Gasteiger partial charge in [-0.25, -0.2) is 4.79 Å². The summed E-state index contributed by atoms with van der Waals surface area (Å²) in [5.41, 5.74) is 1.15. The molecule has 2 aromatic carbocycles. The molecule has 1 aliphatic heterocycles. The molecule has 1 unspecified atom stereocenters. The number of ether oxygens (including phenoxy) is 1. The number of urea groups is 1. The first-order valence-electron chi connectivity index (χ1n) is 8.21. The number of rotatable bonds is 4. The van der Waals surface area contributed by atoms with Gasteiger partial charge >= 0.3 is 6.03 Å². The quantitative estimate of drug-likeness (QED) is 0.801. The Balaban J connectivity index is 1.47. The van der Waals surface area contributed by atoms with E-state index in [1.807, 2.05) is 48.5 Å². The largest absolute Gasteiger partial charge is 0.492 e. The third-order valence-corrected chi connectivity index (χ3v) is 5.30. The zero-order chi connectivity index (χ0) is 17.4. The first-order valence-corrected chi connectivity index (χ1v) is 9.00. The van der Waals surface area contributed by atoms with E-state index in [2.05, 4.69) is 21.2 Å². The molecular formula is C19H17BrN2O3. The van der Waals surface area contributed by atoms with E-state index < -0.39 is 5.54 Å². The molecule has 1 saturated heterocycles. The standard InChI is InChI=1S/C19H17BrN2O3/c20-14-5-3-6-15(12-14)25-11-10-22-17(23)19(21-18(22)24)9-8-13-4-1-2-7-16(13)19/h1-7,12H,8-11H2,(H,21,24). The lowest BCUT2D eigenvalue weighted by molar-refractivity contribution is -0.131. The molecule has 2 aliphatic rings. The van der Waals surface area contributed by atoms with Gasteiger partial charge in [0.05, 0.1) is 6.54 Å². The second-order valence-electron chi connectivity index (χ2n) is 6.26. The van der Waals surface area contributed by atoms with Crippen LogP contribution < -0.4 is 10.1 Å². The minimum Gasteiger partial charge on any atom is -0.492 e. The minimum atomic E-state index is -0.899. The Labute approximate surface area is 154 Å². The maximum Gasteiger partial charge on any atom is 0.325 e. The molecule has 4 rings (SSSR count). The molecule has 1 heterocycles. The van der Waals surface area contributed by atoms with Crippen molar-refractivity contribution in [2.45, 2.75) is 18.4 Å². The molecule has 2 aromatic rings. The van der Waals surface area contributed by atoms with Crippen molar-refractivity contribution in [3.05, 3.63) is 64.1 Å². The van der Waals surface area contributed by atoms with Crippen LogP contribution in [0.15, 0.2) is 53.0 Å². The van der Waals surface area contributed by atoms with Gasteiger partial charge in [0.15, 0.2) is 0 Å². The number of nitrogens with one attached hydrogen (secondary N) is 1. The smallest absolute Gasteiger partial charge is 0.325 e. The summed E-state index contributed by atoms with van der Waals surface area (Å²) in [5.74, 6) is 0.516. The molecule has 1 N–H and O–H groups in total. The van der Waals surface area contributed by atoms with Gasteiger partial charge < -0.3 is 10.1 Å². The molecule has 3 amide bonds. The predicted octanol–water partition coefficient (Wildman–Crippen LogP) is 3.22. The van der Waals surface area contributed by atoms with Crippen LogP contribution in [0.25, 0.3) is 0 Å². The average Bonchev–Trinajstić information content (AvgIpc) is 3.09. The van der Waals surface area contributed by atoms with Gasteiger partial charge in [0, 0.05) is 4.47 Å². The highest BCUT2D eigenvalue weighted by Crippen LogP contribution is 2.41. The Kier molecular flexibility index (Phi) is 4.00. The maximum absolute atomic E-state index is 13.0. The summed E-state index contributed by atoms with van der Waals surface area (Å²) in [7, 11) is 0. The topological polar surface area (TPSA) is 58.6 Å². The van der Waals surface area contributed by atoms with E-state index in [0.29, 0.717) is 12.2 Å². The number of imide groups is 1. The van der Waals surface area contributed by atoms with E-state index in [9.17, 15) is 9.59 Å². The van der Waals surface area contributed by atoms with Gasteiger partial charge in [-0.05, 0) is 42.2 Å². The number of hydrogen-bond donors (Lipinski definition) is 1. The number of fused-ring (bicyclic) bond motifs is 2. The lowest BCUT2D eigenvalue weighted by Crippen LogP contribution is -2.42. The van der Waals surface area contributed by atoms with Gasteiger partial charge in [0.25, 0.3) is 5.91 Å². The zero-order valence-corrected chi connectivity index (χ0v) is 15.1. The number of carbonyl (C=O) groups excluding carboxylic acids is 2. The van der Waals surface area contributed by atoms with Crippen molar-refractivity contribution in [1.82, 2.24) is 10.2 Å². The van der Waals surface area contributed by atoms with Crippen LogP contribution in [0.5, 0.6) is 5.75 Å². The highest BCUT2D eigenvalue weighted by Gasteiger charge is 2.54. The molecule has 0 saturated carbocycles. The summed E-state index contributed by atoms with van der Waals surface area (Å²) in [4.78, 5) is 26.6. The molecule has 0 bridgehead atoms. The molecule has 6 heteroatoms. The summed E-state index contributed by atoms with van der Waals surface area (Å²) in [6.07, 6.45) is 1.41. The van der Waals surface area contributed by atoms with E-state index in [1.165, 1.54) is 4.90 Å². The molecule has 5 nitrogen and oxygen atoms in total. The van der Waals surface area contributed by atoms with E-state index in [4.69, 9.17) is 4.74 Å². The molecule has 128 valence electrons. The maximum atomic E-state index is 13.0. The first-order chi connectivity index (χ1) is 12.1. The second-order valence-corrected chi connectivity index (χ2v) is 7.17. The van der Waals surface area contributed by atoms with Crippen LogP contribution in [-0.4, -0.2) is 30.0 Å². The van der Waals surface area contributed by atoms with Crippen molar-refractivity contribution in [1.29, 1.82) is 0 Å². The zero-order valence-electron chi connectivity index (χ0n) is 13.5. The Hall–Kier alpha value is -2.34. The average molecular weight is 401 g/mol. The minimum absolute atomic E-state index is 0.180. The van der Waals surface area contributed by atoms with Crippen molar-refractivity contribution in [3.63, 3.8) is 0 Å². The van der Waals surface area contributed by atoms with Crippen LogP contribution in [0.4, 0.5) is 4.79 Å². The van der Waals surface area contributed by atoms with Crippen LogP contribution in [0, 0.1) is 0 Å². The number of amides is 3. The van der Waals surface area contributed by atoms with Gasteiger partial charge in [-0.2, -0.15) is 0 Å². The number of carbonyl (C=O) groups is 2. The van der Waals surface area contributed by atoms with Crippen molar-refractivity contribution < 1.29 is 14.3 Å². The lowest BCUT2D eigenvalue weighted by atomic mass is 9.92. The Morgan fingerprint density at radius 2 is 2.00 bits per heavy atom. The summed E-state index contributed by atoms with van der Waals surface area (Å²) in [6, 6.07) is 14.9. The Morgan fingerprint density at radius 1 is 1.16 bits per heavy atom. The molecular weight excluding hydrogens is 384 g/mol. The highest BCUT2D eigenvalue weighted by molar-refractivity contribution is 9.10. The molecule has 25 heavy (non-hydrogen) atoms. The summed E-state index contributed by atoms with van der Waals surface area (Å²) >= 11 is 3.39. The lowest BCUT2D eigenvalue weighted by Gasteiger charge is -2.22. The van der Waals surface area contributed by atoms with Crippen LogP contribution >= 0.6 is 15.9 Å². The molecule has 1 aliphatic carbocycles. The van der Waals surface area contributed by atoms with E-state index >= 15 is 0 Å². The van der Waals surface area contributed by atoms with Crippen LogP contribution in [0.3, 0.4) is 0 Å². The Bertz CT molecular complexity index is 854. The number of benzene rings is 2. The number of nitrogens with zero attached hydrogens (tertiary/aromatic N) is 1. The summed E-state index contributed by atoms with van der Waals surface area (Å²) < 4.78 is 6.58. The SMILES string of the molecule is O=C1NC2(CCc3ccccc32)C(=O)N1CCOc1cccc(Br)c1. The van der Waals surface area contributed by atoms with Crippen molar-refractivity contribution in [2.75, 3.05) is 13.2 Å². The van der Waals surface area contributed by atoms with Gasteiger partial charge in [0.2, 0.25) is 0 Å². The number of halogens is 1. The molecule has 1 fully saturated rings. The fraction of sp³-hybridized carbons (Fsp3) is 0.263. The number of hydrogen-bond acceptors (Lipinski definition) is 3. The fourth-order valence-corrected chi connectivity index (χ4v) is 3.98. The Morgan fingerprint density at radius 3 is 2.84 bits per heavy atom. The third-order valence-electron chi connectivity index (χ3n) is 4.80. The van der Waals surface area contributed by atoms with E-state index in [-0.39, 0.29) is 25.1 Å². The van der Waals surface area contributed by atoms with Crippen LogP contribution in [0.1, 0.15) is 17.5 Å². The molecule has 0 aromatic heterocycles. The highest BCUT2D eigenvalue weighted by atomic mass is 79.9. The second kappa shape index (κ2) is 6.19. The number of aryl methyl sites for hydroxylation is 1. The van der Waals surface area contributed by atoms with Crippen molar-refractivity contribution >= 4 is 27.9 Å². The monoisotopic (exact) mass is 400 g/mol. The summed E-state index contributed by atoms with van der Waals surface area (Å²) in [6.45, 7) is 0.481. The fourth-order valence-electron chi connectivity index (χ4n) is 3.60. The van der Waals surface area contributed by atoms with Crippen LogP contribution in [-0.2, 0) is 16.8 Å². The van der Waals surface area contributed by atoms with E-state index in [0.717, 1.165) is 22.0 Å². The third kappa shape index (κ3) is 2.70. The van der Waals surface area contributed by atoms with E-state index in [1.54, 1.807) is 0 Å². The van der Waals surface area contributed by atoms with Gasteiger partial charge in [0.1, 0.15) is 17.9 Å². The van der Waals surface area contributed by atoms with Gasteiger partial charge in [-0.15, -0.1) is 0 Å². The van der Waals surface area contributed by atoms with Crippen LogP contribution in [0.2, 0.25) is 0 Å². The summed E-state index contributed by atoms with van der Waals surface area (Å²) in [5, 5.41) is 2.92. The first kappa shape index (κ1) is 16.1.